The van der Waals surface area contributed by atoms with Gasteiger partial charge in [0.1, 0.15) is 11.5 Å². The zero-order chi connectivity index (χ0) is 20.8. The minimum atomic E-state index is -0.0457. The largest absolute Gasteiger partial charge is 0.347 e. The molecule has 30 heavy (non-hydrogen) atoms. The molecule has 8 nitrogen and oxygen atoms in total. The van der Waals surface area contributed by atoms with Crippen molar-refractivity contribution in [3.8, 4) is 0 Å². The lowest BCUT2D eigenvalue weighted by atomic mass is 9.97. The van der Waals surface area contributed by atoms with Crippen LogP contribution in [-0.2, 0) is 13.5 Å². The molecule has 0 unspecified atom stereocenters. The van der Waals surface area contributed by atoms with Gasteiger partial charge in [0.15, 0.2) is 0 Å². The first-order valence-electron chi connectivity index (χ1n) is 10.2. The minimum absolute atomic E-state index is 0.0175. The Hall–Kier alpha value is -3.42. The van der Waals surface area contributed by atoms with E-state index in [2.05, 4.69) is 10.4 Å². The number of nitrogens with zero attached hydrogens (tertiary/aromatic N) is 6. The molecule has 0 spiro atoms. The average Bonchev–Trinajstić information content (AvgIpc) is 3.30. The Kier molecular flexibility index (Phi) is 4.42. The van der Waals surface area contributed by atoms with Gasteiger partial charge in [-0.05, 0) is 31.0 Å². The molecule has 1 amide bonds. The molecule has 2 atom stereocenters. The predicted octanol–water partition coefficient (Wildman–Crippen LogP) is 2.92. The van der Waals surface area contributed by atoms with Crippen molar-refractivity contribution in [2.75, 3.05) is 24.3 Å². The molecule has 5 rings (SSSR count). The highest BCUT2D eigenvalue weighted by molar-refractivity contribution is 5.93. The molecule has 1 N–H and O–H groups in total. The Morgan fingerprint density at radius 2 is 1.93 bits per heavy atom. The molecule has 1 saturated heterocycles. The van der Waals surface area contributed by atoms with Crippen molar-refractivity contribution in [2.45, 2.75) is 31.3 Å². The Bertz CT molecular complexity index is 1090. The first kappa shape index (κ1) is 18.6. The molecule has 0 aliphatic carbocycles. The van der Waals surface area contributed by atoms with Gasteiger partial charge in [0.25, 0.3) is 5.91 Å². The summed E-state index contributed by atoms with van der Waals surface area (Å²) in [5.41, 5.74) is 3.51. The summed E-state index contributed by atoms with van der Waals surface area (Å²) in [5, 5.41) is 7.82. The Morgan fingerprint density at radius 1 is 1.13 bits per heavy atom. The van der Waals surface area contributed by atoms with Crippen molar-refractivity contribution >= 4 is 23.4 Å². The van der Waals surface area contributed by atoms with Crippen LogP contribution in [0.5, 0.6) is 0 Å². The summed E-state index contributed by atoms with van der Waals surface area (Å²) in [5.74, 6) is 1.44. The number of hydrogen-bond acceptors (Lipinski definition) is 6. The molecule has 2 aliphatic rings. The van der Waals surface area contributed by atoms with Crippen molar-refractivity contribution in [1.82, 2.24) is 24.6 Å². The highest BCUT2D eigenvalue weighted by atomic mass is 16.2. The maximum absolute atomic E-state index is 13.3. The number of hydrogen-bond donors (Lipinski definition) is 1. The van der Waals surface area contributed by atoms with Gasteiger partial charge in [0, 0.05) is 51.1 Å². The van der Waals surface area contributed by atoms with Crippen LogP contribution in [-0.4, -0.2) is 50.7 Å². The molecule has 1 aromatic carbocycles. The fraction of sp³-hybridized carbons (Fsp3) is 0.364. The number of amides is 1. The Balaban J connectivity index is 1.58. The standard InChI is InChI=1S/C22H25N7O/c1-27(2)22-24-17-13-15-9-10-18(29(15)21(30)16-11-12-28(3)26-16)19(17)20(25-22)23-14-7-5-4-6-8-14/h4-8,11-12,15,18H,9-10,13H2,1-3H3,(H,23,24,25)/t15-,18+/m0/s1. The molecule has 8 heteroatoms. The second-order valence-corrected chi connectivity index (χ2v) is 8.16. The lowest BCUT2D eigenvalue weighted by molar-refractivity contribution is 0.0638. The second-order valence-electron chi connectivity index (χ2n) is 8.16. The fourth-order valence-electron chi connectivity index (χ4n) is 4.52. The summed E-state index contributed by atoms with van der Waals surface area (Å²) < 4.78 is 1.67. The van der Waals surface area contributed by atoms with Crippen LogP contribution in [0.2, 0.25) is 0 Å². The van der Waals surface area contributed by atoms with Gasteiger partial charge in [-0.1, -0.05) is 18.2 Å². The lowest BCUT2D eigenvalue weighted by Crippen LogP contribution is -2.43. The third-order valence-corrected chi connectivity index (χ3v) is 5.88. The van der Waals surface area contributed by atoms with Gasteiger partial charge in [-0.2, -0.15) is 10.1 Å². The average molecular weight is 403 g/mol. The fourth-order valence-corrected chi connectivity index (χ4v) is 4.52. The van der Waals surface area contributed by atoms with Crippen molar-refractivity contribution in [1.29, 1.82) is 0 Å². The molecule has 0 saturated carbocycles. The van der Waals surface area contributed by atoms with E-state index in [4.69, 9.17) is 9.97 Å². The summed E-state index contributed by atoms with van der Waals surface area (Å²) in [6, 6.07) is 11.9. The van der Waals surface area contributed by atoms with Crippen LogP contribution in [0.15, 0.2) is 42.6 Å². The van der Waals surface area contributed by atoms with E-state index in [0.717, 1.165) is 42.0 Å². The van der Waals surface area contributed by atoms with E-state index in [1.54, 1.807) is 10.7 Å². The van der Waals surface area contributed by atoms with Crippen LogP contribution in [0.3, 0.4) is 0 Å². The first-order chi connectivity index (χ1) is 14.5. The van der Waals surface area contributed by atoms with Crippen molar-refractivity contribution in [3.05, 3.63) is 59.5 Å². The summed E-state index contributed by atoms with van der Waals surface area (Å²) in [6.07, 6.45) is 4.41. The van der Waals surface area contributed by atoms with E-state index in [9.17, 15) is 4.79 Å². The zero-order valence-corrected chi connectivity index (χ0v) is 17.4. The Labute approximate surface area is 175 Å². The Morgan fingerprint density at radius 3 is 2.63 bits per heavy atom. The van der Waals surface area contributed by atoms with Crippen molar-refractivity contribution in [2.24, 2.45) is 7.05 Å². The van der Waals surface area contributed by atoms with Gasteiger partial charge in [-0.25, -0.2) is 4.98 Å². The summed E-state index contributed by atoms with van der Waals surface area (Å²) in [7, 11) is 5.72. The van der Waals surface area contributed by atoms with Crippen LogP contribution in [0.1, 0.15) is 40.6 Å². The van der Waals surface area contributed by atoms with E-state index >= 15 is 0 Å². The zero-order valence-electron chi connectivity index (χ0n) is 17.4. The maximum Gasteiger partial charge on any atom is 0.275 e. The number of benzene rings is 1. The third kappa shape index (κ3) is 3.08. The number of nitrogens with one attached hydrogen (secondary N) is 1. The van der Waals surface area contributed by atoms with Crippen LogP contribution in [0.25, 0.3) is 0 Å². The number of rotatable bonds is 4. The van der Waals surface area contributed by atoms with E-state index < -0.39 is 0 Å². The van der Waals surface area contributed by atoms with E-state index in [0.29, 0.717) is 11.6 Å². The smallest absolute Gasteiger partial charge is 0.275 e. The third-order valence-electron chi connectivity index (χ3n) is 5.88. The summed E-state index contributed by atoms with van der Waals surface area (Å²) in [4.78, 5) is 26.9. The van der Waals surface area contributed by atoms with Gasteiger partial charge in [-0.15, -0.1) is 0 Å². The summed E-state index contributed by atoms with van der Waals surface area (Å²) >= 11 is 0. The number of carbonyl (C=O) groups excluding carboxylic acids is 1. The highest BCUT2D eigenvalue weighted by Gasteiger charge is 2.45. The van der Waals surface area contributed by atoms with Crippen molar-refractivity contribution < 1.29 is 4.79 Å². The molecule has 3 aromatic rings. The molecule has 0 radical (unpaired) electrons. The number of anilines is 3. The maximum atomic E-state index is 13.3. The molecular weight excluding hydrogens is 378 g/mol. The molecule has 154 valence electrons. The minimum Gasteiger partial charge on any atom is -0.347 e. The van der Waals surface area contributed by atoms with Crippen LogP contribution in [0, 0.1) is 0 Å². The first-order valence-corrected chi connectivity index (χ1v) is 10.2. The van der Waals surface area contributed by atoms with Crippen LogP contribution in [0.4, 0.5) is 17.5 Å². The number of aryl methyl sites for hydroxylation is 1. The van der Waals surface area contributed by atoms with E-state index in [-0.39, 0.29) is 18.0 Å². The molecule has 2 bridgehead atoms. The topological polar surface area (TPSA) is 79.2 Å². The lowest BCUT2D eigenvalue weighted by Gasteiger charge is -2.36. The molecule has 4 heterocycles. The van der Waals surface area contributed by atoms with Gasteiger partial charge >= 0.3 is 0 Å². The summed E-state index contributed by atoms with van der Waals surface area (Å²) in [6.45, 7) is 0. The monoisotopic (exact) mass is 403 g/mol. The number of fused-ring (bicyclic) bond motifs is 4. The second kappa shape index (κ2) is 7.12. The molecule has 2 aliphatic heterocycles. The van der Waals surface area contributed by atoms with Crippen molar-refractivity contribution in [3.63, 3.8) is 0 Å². The number of carbonyl (C=O) groups is 1. The van der Waals surface area contributed by atoms with E-state index in [1.165, 1.54) is 0 Å². The van der Waals surface area contributed by atoms with Crippen LogP contribution >= 0.6 is 0 Å². The van der Waals surface area contributed by atoms with Gasteiger partial charge in [0.2, 0.25) is 5.95 Å². The molecule has 2 aromatic heterocycles. The van der Waals surface area contributed by atoms with E-state index in [1.807, 2.05) is 67.5 Å². The van der Waals surface area contributed by atoms with Gasteiger partial charge < -0.3 is 15.1 Å². The predicted molar refractivity (Wildman–Crippen MR) is 115 cm³/mol. The normalized spacial score (nSPS) is 19.5. The quantitative estimate of drug-likeness (QED) is 0.722. The molecule has 1 fully saturated rings. The number of para-hydroxylation sites is 1. The SMILES string of the molecule is CN(C)c1nc2c(c(Nc3ccccc3)n1)[C@H]1CC[C@@H](C2)N1C(=O)c1ccn(C)n1. The number of aromatic nitrogens is 4. The van der Waals surface area contributed by atoms with Gasteiger partial charge in [0.05, 0.1) is 11.7 Å². The van der Waals surface area contributed by atoms with Crippen LogP contribution < -0.4 is 10.2 Å². The molecular formula is C22H25N7O. The highest BCUT2D eigenvalue weighted by Crippen LogP contribution is 2.47. The van der Waals surface area contributed by atoms with Gasteiger partial charge in [-0.3, -0.25) is 9.48 Å².